The fraction of sp³-hybridized carbons (Fsp3) is 0.944. The smallest absolute Gasteiger partial charge is 0.264 e. The van der Waals surface area contributed by atoms with Crippen molar-refractivity contribution in [1.29, 1.82) is 0 Å². The lowest BCUT2D eigenvalue weighted by Gasteiger charge is -2.06. The third-order valence-corrected chi connectivity index (χ3v) is 4.12. The van der Waals surface area contributed by atoms with Crippen LogP contribution < -0.4 is 0 Å². The first-order valence-corrected chi connectivity index (χ1v) is 9.21. The van der Waals surface area contributed by atoms with Gasteiger partial charge in [0.25, 0.3) is 6.04 Å². The number of nitrogens with zero attached hydrogens (tertiary/aromatic N) is 1. The second-order valence-corrected chi connectivity index (χ2v) is 6.21. The molecule has 0 aromatic rings. The molecule has 0 aromatic carbocycles. The summed E-state index contributed by atoms with van der Waals surface area (Å²) >= 11 is 0. The summed E-state index contributed by atoms with van der Waals surface area (Å²) in [5.41, 5.74) is 0. The molecule has 21 heavy (non-hydrogen) atoms. The maximum Gasteiger partial charge on any atom is 0.290 e. The van der Waals surface area contributed by atoms with Gasteiger partial charge in [-0.2, -0.15) is 0 Å². The molecule has 0 saturated heterocycles. The number of nitro groups is 1. The van der Waals surface area contributed by atoms with Crippen molar-refractivity contribution in [1.82, 2.24) is 0 Å². The number of rotatable bonds is 16. The van der Waals surface area contributed by atoms with E-state index in [-0.39, 0.29) is 4.92 Å². The van der Waals surface area contributed by atoms with Crippen molar-refractivity contribution in [2.24, 2.45) is 0 Å². The molecule has 1 radical (unpaired) electrons. The van der Waals surface area contributed by atoms with Crippen molar-refractivity contribution >= 4 is 0 Å². The predicted molar refractivity (Wildman–Crippen MR) is 90.8 cm³/mol. The lowest BCUT2D eigenvalue weighted by atomic mass is 10.0. The molecule has 0 atom stereocenters. The molecule has 0 heterocycles. The van der Waals surface area contributed by atoms with E-state index in [1.165, 1.54) is 64.2 Å². The SMILES string of the molecule is CCCCCCCCCCCCCC[C](CCC)[N+](=O)[O-]. The van der Waals surface area contributed by atoms with Gasteiger partial charge in [0.05, 0.1) is 0 Å². The van der Waals surface area contributed by atoms with E-state index in [0.717, 1.165) is 19.3 Å². The summed E-state index contributed by atoms with van der Waals surface area (Å²) in [6.45, 7) is 4.26. The summed E-state index contributed by atoms with van der Waals surface area (Å²) in [5.74, 6) is 0. The minimum absolute atomic E-state index is 0.165. The molecule has 0 aliphatic heterocycles. The van der Waals surface area contributed by atoms with E-state index < -0.39 is 0 Å². The molecule has 0 amide bonds. The Morgan fingerprint density at radius 1 is 0.667 bits per heavy atom. The molecule has 3 nitrogen and oxygen atoms in total. The zero-order chi connectivity index (χ0) is 15.8. The Labute approximate surface area is 132 Å². The molecule has 0 fully saturated rings. The van der Waals surface area contributed by atoms with E-state index in [0.29, 0.717) is 18.9 Å². The highest BCUT2D eigenvalue weighted by Crippen LogP contribution is 2.19. The Balaban J connectivity index is 3.23. The largest absolute Gasteiger partial charge is 0.290 e. The first-order valence-electron chi connectivity index (χ1n) is 9.21. The molecule has 0 rings (SSSR count). The van der Waals surface area contributed by atoms with Crippen LogP contribution in [0.15, 0.2) is 0 Å². The molecule has 125 valence electrons. The molecule has 3 heteroatoms. The Bertz CT molecular complexity index is 231. The van der Waals surface area contributed by atoms with Crippen molar-refractivity contribution in [2.75, 3.05) is 0 Å². The predicted octanol–water partition coefficient (Wildman–Crippen LogP) is 6.69. The summed E-state index contributed by atoms with van der Waals surface area (Å²) in [6, 6.07) is 0.532. The van der Waals surface area contributed by atoms with Crippen LogP contribution in [-0.4, -0.2) is 4.92 Å². The van der Waals surface area contributed by atoms with E-state index in [2.05, 4.69) is 6.92 Å². The maximum absolute atomic E-state index is 10.8. The lowest BCUT2D eigenvalue weighted by molar-refractivity contribution is -0.470. The van der Waals surface area contributed by atoms with Gasteiger partial charge in [-0.3, -0.25) is 10.1 Å². The highest BCUT2D eigenvalue weighted by molar-refractivity contribution is 4.75. The molecule has 0 saturated carbocycles. The first-order chi connectivity index (χ1) is 10.2. The average Bonchev–Trinajstić information content (AvgIpc) is 2.47. The topological polar surface area (TPSA) is 43.1 Å². The van der Waals surface area contributed by atoms with Crippen molar-refractivity contribution in [3.8, 4) is 0 Å². The Kier molecular flexibility index (Phi) is 15.3. The zero-order valence-electron chi connectivity index (χ0n) is 14.4. The van der Waals surface area contributed by atoms with Gasteiger partial charge >= 0.3 is 0 Å². The van der Waals surface area contributed by atoms with Crippen LogP contribution in [0.3, 0.4) is 0 Å². The molecule has 0 bridgehead atoms. The van der Waals surface area contributed by atoms with E-state index in [1.54, 1.807) is 0 Å². The lowest BCUT2D eigenvalue weighted by Crippen LogP contribution is -2.09. The minimum Gasteiger partial charge on any atom is -0.264 e. The molecule has 0 spiro atoms. The fourth-order valence-corrected chi connectivity index (χ4v) is 2.77. The quantitative estimate of drug-likeness (QED) is 0.181. The van der Waals surface area contributed by atoms with Gasteiger partial charge in [-0.25, -0.2) is 0 Å². The van der Waals surface area contributed by atoms with E-state index >= 15 is 0 Å². The molecular formula is C18H36NO2. The van der Waals surface area contributed by atoms with Gasteiger partial charge in [-0.15, -0.1) is 0 Å². The standard InChI is InChI=1S/C18H36NO2/c1-3-5-6-7-8-9-10-11-12-13-14-15-17-18(16-4-2)19(20)21/h3-17H2,1-2H3. The molecule has 0 N–H and O–H groups in total. The van der Waals surface area contributed by atoms with Gasteiger partial charge in [-0.1, -0.05) is 84.5 Å². The van der Waals surface area contributed by atoms with Crippen molar-refractivity contribution in [3.05, 3.63) is 16.2 Å². The number of unbranched alkanes of at least 4 members (excludes halogenated alkanes) is 11. The summed E-state index contributed by atoms with van der Waals surface area (Å²) < 4.78 is 0. The van der Waals surface area contributed by atoms with Gasteiger partial charge in [0.15, 0.2) is 0 Å². The van der Waals surface area contributed by atoms with Crippen molar-refractivity contribution in [2.45, 2.75) is 110 Å². The van der Waals surface area contributed by atoms with Gasteiger partial charge < -0.3 is 0 Å². The normalized spacial score (nSPS) is 11.2. The number of hydrogen-bond acceptors (Lipinski definition) is 2. The Morgan fingerprint density at radius 2 is 1.10 bits per heavy atom. The van der Waals surface area contributed by atoms with Crippen molar-refractivity contribution in [3.63, 3.8) is 0 Å². The third-order valence-electron chi connectivity index (χ3n) is 4.12. The van der Waals surface area contributed by atoms with Gasteiger partial charge in [0.1, 0.15) is 0 Å². The van der Waals surface area contributed by atoms with Crippen molar-refractivity contribution < 1.29 is 4.92 Å². The molecular weight excluding hydrogens is 262 g/mol. The van der Waals surface area contributed by atoms with Gasteiger partial charge in [-0.05, 0) is 12.8 Å². The minimum atomic E-state index is -0.165. The summed E-state index contributed by atoms with van der Waals surface area (Å²) in [6.07, 6.45) is 18.0. The van der Waals surface area contributed by atoms with Crippen LogP contribution in [0.4, 0.5) is 0 Å². The average molecular weight is 298 g/mol. The maximum atomic E-state index is 10.8. The Morgan fingerprint density at radius 3 is 1.48 bits per heavy atom. The second kappa shape index (κ2) is 15.8. The van der Waals surface area contributed by atoms with Gasteiger partial charge in [0.2, 0.25) is 0 Å². The second-order valence-electron chi connectivity index (χ2n) is 6.21. The zero-order valence-corrected chi connectivity index (χ0v) is 14.4. The summed E-state index contributed by atoms with van der Waals surface area (Å²) in [4.78, 5) is 10.6. The van der Waals surface area contributed by atoms with Crippen LogP contribution in [-0.2, 0) is 0 Å². The third kappa shape index (κ3) is 14.1. The van der Waals surface area contributed by atoms with Gasteiger partial charge in [0, 0.05) is 17.8 Å². The van der Waals surface area contributed by atoms with E-state index in [1.807, 2.05) is 6.92 Å². The Hall–Kier alpha value is -0.600. The summed E-state index contributed by atoms with van der Waals surface area (Å²) in [5, 5.41) is 10.8. The van der Waals surface area contributed by atoms with Crippen LogP contribution >= 0.6 is 0 Å². The van der Waals surface area contributed by atoms with Crippen LogP contribution in [0, 0.1) is 16.2 Å². The molecule has 0 aliphatic carbocycles. The molecule has 0 aromatic heterocycles. The monoisotopic (exact) mass is 298 g/mol. The van der Waals surface area contributed by atoms with E-state index in [4.69, 9.17) is 0 Å². The van der Waals surface area contributed by atoms with Crippen LogP contribution in [0.2, 0.25) is 0 Å². The molecule has 0 unspecified atom stereocenters. The summed E-state index contributed by atoms with van der Waals surface area (Å²) in [7, 11) is 0. The molecule has 0 aliphatic rings. The van der Waals surface area contributed by atoms with E-state index in [9.17, 15) is 10.1 Å². The van der Waals surface area contributed by atoms with Crippen LogP contribution in [0.25, 0.3) is 0 Å². The first kappa shape index (κ1) is 20.4. The van der Waals surface area contributed by atoms with Crippen LogP contribution in [0.5, 0.6) is 0 Å². The highest BCUT2D eigenvalue weighted by atomic mass is 16.6. The number of hydrogen-bond donors (Lipinski definition) is 0. The van der Waals surface area contributed by atoms with Crippen LogP contribution in [0.1, 0.15) is 110 Å². The highest BCUT2D eigenvalue weighted by Gasteiger charge is 2.20. The fourth-order valence-electron chi connectivity index (χ4n) is 2.77.